The van der Waals surface area contributed by atoms with Crippen molar-refractivity contribution in [2.75, 3.05) is 5.75 Å². The summed E-state index contributed by atoms with van der Waals surface area (Å²) in [6.07, 6.45) is 0. The SMILES string of the molecule is CC(=O)SCC1=C(C)OC(O)O1. The molecule has 1 N–H and O–H groups in total. The van der Waals surface area contributed by atoms with Crippen molar-refractivity contribution in [2.45, 2.75) is 20.3 Å². The number of thioether (sulfide) groups is 1. The first-order valence-corrected chi connectivity index (χ1v) is 4.42. The lowest BCUT2D eigenvalue weighted by Crippen LogP contribution is -2.06. The van der Waals surface area contributed by atoms with Crippen LogP contribution in [0.5, 0.6) is 0 Å². The number of ether oxygens (including phenoxy) is 2. The zero-order valence-electron chi connectivity index (χ0n) is 6.86. The third-order valence-corrected chi connectivity index (χ3v) is 2.13. The molecule has 1 aliphatic rings. The van der Waals surface area contributed by atoms with Gasteiger partial charge in [0.15, 0.2) is 10.9 Å². The molecule has 0 spiro atoms. The largest absolute Gasteiger partial charge is 0.434 e. The third kappa shape index (κ3) is 2.42. The lowest BCUT2D eigenvalue weighted by molar-refractivity contribution is -0.191. The molecule has 0 amide bonds. The second-order valence-corrected chi connectivity index (χ2v) is 3.45. The van der Waals surface area contributed by atoms with Crippen molar-refractivity contribution in [3.8, 4) is 0 Å². The van der Waals surface area contributed by atoms with Crippen LogP contribution in [0.25, 0.3) is 0 Å². The van der Waals surface area contributed by atoms with E-state index >= 15 is 0 Å². The summed E-state index contributed by atoms with van der Waals surface area (Å²) in [5.74, 6) is 1.48. The molecule has 1 unspecified atom stereocenters. The van der Waals surface area contributed by atoms with E-state index in [0.29, 0.717) is 17.3 Å². The van der Waals surface area contributed by atoms with Crippen LogP contribution < -0.4 is 0 Å². The summed E-state index contributed by atoms with van der Waals surface area (Å²) in [5.41, 5.74) is 0. The van der Waals surface area contributed by atoms with Crippen LogP contribution in [-0.4, -0.2) is 22.5 Å². The molecule has 1 heterocycles. The molecule has 0 aromatic carbocycles. The van der Waals surface area contributed by atoms with Crippen molar-refractivity contribution in [1.82, 2.24) is 0 Å². The standard InChI is InChI=1S/C7H10O4S/c1-4-6(3-12-5(2)8)11-7(9)10-4/h7,9H,3H2,1-2H3. The van der Waals surface area contributed by atoms with Crippen molar-refractivity contribution in [3.63, 3.8) is 0 Å². The summed E-state index contributed by atoms with van der Waals surface area (Å²) >= 11 is 1.12. The molecule has 12 heavy (non-hydrogen) atoms. The topological polar surface area (TPSA) is 55.8 Å². The van der Waals surface area contributed by atoms with Crippen LogP contribution in [0.2, 0.25) is 0 Å². The summed E-state index contributed by atoms with van der Waals surface area (Å²) in [6, 6.07) is 0. The van der Waals surface area contributed by atoms with Crippen LogP contribution in [0.3, 0.4) is 0 Å². The molecule has 0 radical (unpaired) electrons. The van der Waals surface area contributed by atoms with Crippen molar-refractivity contribution < 1.29 is 19.4 Å². The number of hydrogen-bond acceptors (Lipinski definition) is 5. The highest BCUT2D eigenvalue weighted by atomic mass is 32.2. The zero-order valence-corrected chi connectivity index (χ0v) is 7.68. The first-order valence-electron chi connectivity index (χ1n) is 3.44. The second-order valence-electron chi connectivity index (χ2n) is 2.30. The minimum Gasteiger partial charge on any atom is -0.434 e. The third-order valence-electron chi connectivity index (χ3n) is 1.32. The average Bonchev–Trinajstić information content (AvgIpc) is 2.26. The number of allylic oxidation sites excluding steroid dienone is 1. The number of hydrogen-bond donors (Lipinski definition) is 1. The Hall–Kier alpha value is -0.680. The number of rotatable bonds is 2. The zero-order chi connectivity index (χ0) is 9.14. The minimum atomic E-state index is -1.20. The van der Waals surface area contributed by atoms with Crippen molar-refractivity contribution in [3.05, 3.63) is 11.5 Å². The lowest BCUT2D eigenvalue weighted by atomic mass is 10.5. The predicted molar refractivity (Wildman–Crippen MR) is 44.0 cm³/mol. The van der Waals surface area contributed by atoms with Gasteiger partial charge >= 0.3 is 6.48 Å². The number of aliphatic hydroxyl groups excluding tert-OH is 1. The van der Waals surface area contributed by atoms with Crippen LogP contribution in [0.4, 0.5) is 0 Å². The van der Waals surface area contributed by atoms with Crippen LogP contribution in [0, 0.1) is 0 Å². The quantitative estimate of drug-likeness (QED) is 0.698. The molecule has 0 aromatic rings. The van der Waals surface area contributed by atoms with Gasteiger partial charge in [0.25, 0.3) is 0 Å². The first kappa shape index (κ1) is 9.41. The first-order chi connectivity index (χ1) is 5.59. The lowest BCUT2D eigenvalue weighted by Gasteiger charge is -2.02. The van der Waals surface area contributed by atoms with Crippen molar-refractivity contribution in [2.24, 2.45) is 0 Å². The minimum absolute atomic E-state index is 0.0142. The average molecular weight is 190 g/mol. The van der Waals surface area contributed by atoms with Gasteiger partial charge in [-0.05, 0) is 6.92 Å². The number of aliphatic hydroxyl groups is 1. The van der Waals surface area contributed by atoms with E-state index in [2.05, 4.69) is 0 Å². The van der Waals surface area contributed by atoms with Gasteiger partial charge in [-0.1, -0.05) is 11.8 Å². The van der Waals surface area contributed by atoms with Gasteiger partial charge < -0.3 is 14.6 Å². The second kappa shape index (κ2) is 3.82. The molecule has 1 atom stereocenters. The highest BCUT2D eigenvalue weighted by Gasteiger charge is 2.21. The fraction of sp³-hybridized carbons (Fsp3) is 0.571. The number of carbonyl (C=O) groups excluding carboxylic acids is 1. The summed E-state index contributed by atoms with van der Waals surface area (Å²) in [5, 5.41) is 8.87. The predicted octanol–water partition coefficient (Wildman–Crippen LogP) is 0.820. The Kier molecular flexibility index (Phi) is 2.99. The molecule has 0 bridgehead atoms. The molecule has 0 fully saturated rings. The van der Waals surface area contributed by atoms with E-state index in [-0.39, 0.29) is 5.12 Å². The van der Waals surface area contributed by atoms with Crippen LogP contribution in [-0.2, 0) is 14.3 Å². The number of carbonyl (C=O) groups is 1. The molecule has 1 rings (SSSR count). The molecule has 0 aliphatic carbocycles. The smallest absolute Gasteiger partial charge is 0.357 e. The molecule has 0 aromatic heterocycles. The Labute approximate surface area is 74.5 Å². The fourth-order valence-electron chi connectivity index (χ4n) is 0.749. The normalized spacial score (nSPS) is 22.1. The van der Waals surface area contributed by atoms with E-state index in [4.69, 9.17) is 14.6 Å². The van der Waals surface area contributed by atoms with E-state index in [9.17, 15) is 4.79 Å². The monoisotopic (exact) mass is 190 g/mol. The molecule has 4 nitrogen and oxygen atoms in total. The highest BCUT2D eigenvalue weighted by Crippen LogP contribution is 2.23. The Balaban J connectivity index is 2.42. The van der Waals surface area contributed by atoms with E-state index in [1.165, 1.54) is 6.92 Å². The summed E-state index contributed by atoms with van der Waals surface area (Å²) in [7, 11) is 0. The van der Waals surface area contributed by atoms with Gasteiger partial charge in [0.2, 0.25) is 0 Å². The van der Waals surface area contributed by atoms with Gasteiger partial charge in [-0.2, -0.15) is 0 Å². The molecule has 68 valence electrons. The maximum atomic E-state index is 10.6. The van der Waals surface area contributed by atoms with E-state index in [0.717, 1.165) is 11.8 Å². The summed E-state index contributed by atoms with van der Waals surface area (Å²) in [4.78, 5) is 10.6. The highest BCUT2D eigenvalue weighted by molar-refractivity contribution is 8.13. The van der Waals surface area contributed by atoms with E-state index < -0.39 is 6.48 Å². The molecular formula is C7H10O4S. The van der Waals surface area contributed by atoms with Crippen LogP contribution >= 0.6 is 11.8 Å². The van der Waals surface area contributed by atoms with E-state index in [1.807, 2.05) is 0 Å². The van der Waals surface area contributed by atoms with Gasteiger partial charge in [-0.25, -0.2) is 0 Å². The van der Waals surface area contributed by atoms with Crippen LogP contribution in [0.1, 0.15) is 13.8 Å². The molecule has 0 saturated carbocycles. The molecule has 0 saturated heterocycles. The van der Waals surface area contributed by atoms with Gasteiger partial charge in [-0.3, -0.25) is 4.79 Å². The maximum absolute atomic E-state index is 10.6. The fourth-order valence-corrected chi connectivity index (χ4v) is 1.35. The van der Waals surface area contributed by atoms with Crippen LogP contribution in [0.15, 0.2) is 11.5 Å². The Morgan fingerprint density at radius 1 is 1.67 bits per heavy atom. The summed E-state index contributed by atoms with van der Waals surface area (Å²) in [6.45, 7) is 1.96. The van der Waals surface area contributed by atoms with Gasteiger partial charge in [0, 0.05) is 6.92 Å². The van der Waals surface area contributed by atoms with Gasteiger partial charge in [-0.15, -0.1) is 0 Å². The Bertz CT molecular complexity index is 223. The Morgan fingerprint density at radius 2 is 2.33 bits per heavy atom. The van der Waals surface area contributed by atoms with E-state index in [1.54, 1.807) is 6.92 Å². The maximum Gasteiger partial charge on any atom is 0.357 e. The van der Waals surface area contributed by atoms with Gasteiger partial charge in [0.05, 0.1) is 5.75 Å². The Morgan fingerprint density at radius 3 is 2.75 bits per heavy atom. The summed E-state index contributed by atoms with van der Waals surface area (Å²) < 4.78 is 9.66. The van der Waals surface area contributed by atoms with Crippen molar-refractivity contribution >= 4 is 16.9 Å². The molecular weight excluding hydrogens is 180 g/mol. The van der Waals surface area contributed by atoms with Crippen molar-refractivity contribution in [1.29, 1.82) is 0 Å². The molecule has 1 aliphatic heterocycles. The van der Waals surface area contributed by atoms with Gasteiger partial charge in [0.1, 0.15) is 5.76 Å². The molecule has 5 heteroatoms.